The van der Waals surface area contributed by atoms with E-state index >= 15 is 0 Å². The Kier molecular flexibility index (Phi) is 12.3. The molecule has 3 N–H and O–H groups in total. The van der Waals surface area contributed by atoms with E-state index in [4.69, 9.17) is 20.4 Å². The number of aldehydes is 1. The number of hydrogen-bond donors (Lipinski definition) is 2. The van der Waals surface area contributed by atoms with Gasteiger partial charge in [-0.15, -0.1) is 0 Å². The molecule has 0 amide bonds. The lowest BCUT2D eigenvalue weighted by Crippen LogP contribution is -2.00. The molecule has 0 saturated carbocycles. The number of rotatable bonds is 6. The fourth-order valence-corrected chi connectivity index (χ4v) is 2.50. The van der Waals surface area contributed by atoms with Crippen LogP contribution >= 0.6 is 0 Å². The summed E-state index contributed by atoms with van der Waals surface area (Å²) in [5.74, 6) is -1.03. The molecular formula is C24H25F3N2O5. The second-order valence-corrected chi connectivity index (χ2v) is 6.23. The Hall–Kier alpha value is -4.05. The standard InChI is InChI=1S/C8H8FNO2.C8H10FNO.C8H7FO2/c1-12-7-4-2-3-6(5-10-11)8(7)9;2*1-11-7-4-2-3-6(5-10)8(7)9/h2-5,11H,1H3;2-4H,5,10H2,1H3;2-5H,1H3/b10-5-;;. The molecule has 0 bridgehead atoms. The zero-order chi connectivity index (χ0) is 25.5. The molecule has 3 aromatic rings. The van der Waals surface area contributed by atoms with E-state index in [1.807, 2.05) is 0 Å². The highest BCUT2D eigenvalue weighted by Crippen LogP contribution is 2.20. The van der Waals surface area contributed by atoms with Gasteiger partial charge in [-0.3, -0.25) is 4.79 Å². The summed E-state index contributed by atoms with van der Waals surface area (Å²) in [7, 11) is 4.16. The third-order valence-corrected chi connectivity index (χ3v) is 4.23. The van der Waals surface area contributed by atoms with Gasteiger partial charge in [-0.05, 0) is 24.3 Å². The first-order valence-corrected chi connectivity index (χ1v) is 9.67. The first-order chi connectivity index (χ1) is 16.4. The summed E-state index contributed by atoms with van der Waals surface area (Å²) >= 11 is 0. The molecule has 0 aliphatic carbocycles. The summed E-state index contributed by atoms with van der Waals surface area (Å²) in [5, 5.41) is 10.9. The molecule has 0 unspecified atom stereocenters. The molecule has 0 spiro atoms. The lowest BCUT2D eigenvalue weighted by Gasteiger charge is -2.03. The van der Waals surface area contributed by atoms with Gasteiger partial charge >= 0.3 is 0 Å². The molecule has 7 nitrogen and oxygen atoms in total. The lowest BCUT2D eigenvalue weighted by molar-refractivity contribution is 0.111. The molecule has 0 fully saturated rings. The maximum absolute atomic E-state index is 13.1. The van der Waals surface area contributed by atoms with Crippen molar-refractivity contribution in [2.24, 2.45) is 10.9 Å². The van der Waals surface area contributed by atoms with E-state index in [2.05, 4.69) is 9.89 Å². The predicted octanol–water partition coefficient (Wildman–Crippen LogP) is 4.58. The number of hydrogen-bond acceptors (Lipinski definition) is 7. The number of nitrogens with zero attached hydrogens (tertiary/aromatic N) is 1. The lowest BCUT2D eigenvalue weighted by atomic mass is 10.2. The van der Waals surface area contributed by atoms with E-state index in [1.54, 1.807) is 30.3 Å². The quantitative estimate of drug-likeness (QED) is 0.233. The molecule has 3 rings (SSSR count). The van der Waals surface area contributed by atoms with Crippen LogP contribution in [0.2, 0.25) is 0 Å². The Morgan fingerprint density at radius 2 is 1.24 bits per heavy atom. The van der Waals surface area contributed by atoms with Crippen molar-refractivity contribution in [2.45, 2.75) is 6.54 Å². The van der Waals surface area contributed by atoms with Gasteiger partial charge in [-0.25, -0.2) is 13.2 Å². The summed E-state index contributed by atoms with van der Waals surface area (Å²) < 4.78 is 53.2. The van der Waals surface area contributed by atoms with E-state index in [1.165, 1.54) is 45.6 Å². The number of halogens is 3. The highest BCUT2D eigenvalue weighted by atomic mass is 19.1. The molecule has 0 saturated heterocycles. The second-order valence-electron chi connectivity index (χ2n) is 6.23. The largest absolute Gasteiger partial charge is 0.494 e. The van der Waals surface area contributed by atoms with E-state index in [-0.39, 0.29) is 40.7 Å². The van der Waals surface area contributed by atoms with E-state index in [0.717, 1.165) is 6.21 Å². The third kappa shape index (κ3) is 7.82. The smallest absolute Gasteiger partial charge is 0.175 e. The van der Waals surface area contributed by atoms with Gasteiger partial charge in [0.05, 0.1) is 33.1 Å². The van der Waals surface area contributed by atoms with Crippen molar-refractivity contribution in [3.8, 4) is 17.2 Å². The normalized spacial score (nSPS) is 9.85. The highest BCUT2D eigenvalue weighted by molar-refractivity contribution is 5.80. The van der Waals surface area contributed by atoms with Crippen molar-refractivity contribution in [1.82, 2.24) is 0 Å². The maximum atomic E-state index is 13.1. The average molecular weight is 478 g/mol. The molecule has 0 aliphatic heterocycles. The summed E-state index contributed by atoms with van der Waals surface area (Å²) in [4.78, 5) is 10.2. The van der Waals surface area contributed by atoms with Crippen molar-refractivity contribution < 1.29 is 37.4 Å². The van der Waals surface area contributed by atoms with Crippen LogP contribution in [0.4, 0.5) is 13.2 Å². The topological polar surface area (TPSA) is 103 Å². The Morgan fingerprint density at radius 3 is 1.68 bits per heavy atom. The number of nitrogens with two attached hydrogens (primary N) is 1. The number of ether oxygens (including phenoxy) is 3. The molecular weight excluding hydrogens is 453 g/mol. The minimum atomic E-state index is -0.606. The van der Waals surface area contributed by atoms with Crippen LogP contribution in [0.3, 0.4) is 0 Å². The fourth-order valence-electron chi connectivity index (χ4n) is 2.50. The minimum Gasteiger partial charge on any atom is -0.494 e. The number of methoxy groups -OCH3 is 3. The highest BCUT2D eigenvalue weighted by Gasteiger charge is 2.07. The van der Waals surface area contributed by atoms with Gasteiger partial charge in [0.1, 0.15) is 0 Å². The zero-order valence-electron chi connectivity index (χ0n) is 18.8. The number of carbonyl (C=O) groups excluding carboxylic acids is 1. The van der Waals surface area contributed by atoms with Gasteiger partial charge in [0.25, 0.3) is 0 Å². The van der Waals surface area contributed by atoms with Crippen molar-refractivity contribution in [1.29, 1.82) is 0 Å². The molecule has 0 heterocycles. The molecule has 0 atom stereocenters. The summed E-state index contributed by atoms with van der Waals surface area (Å²) in [5.41, 5.74) is 5.96. The van der Waals surface area contributed by atoms with Crippen LogP contribution in [0.1, 0.15) is 21.5 Å². The summed E-state index contributed by atoms with van der Waals surface area (Å²) in [6, 6.07) is 13.9. The van der Waals surface area contributed by atoms with Crippen molar-refractivity contribution in [2.75, 3.05) is 21.3 Å². The number of carbonyl (C=O) groups is 1. The Bertz CT molecular complexity index is 1070. The Morgan fingerprint density at radius 1 is 0.794 bits per heavy atom. The molecule has 182 valence electrons. The van der Waals surface area contributed by atoms with Crippen LogP contribution in [0.15, 0.2) is 59.8 Å². The SMILES string of the molecule is COc1cccc(/C=N\O)c1F.COc1cccc(C=O)c1F.COc1cccc(CN)c1F. The molecule has 0 radical (unpaired) electrons. The van der Waals surface area contributed by atoms with Crippen LogP contribution < -0.4 is 19.9 Å². The Balaban J connectivity index is 0.000000255. The minimum absolute atomic E-state index is 0.0179. The van der Waals surface area contributed by atoms with Crippen molar-refractivity contribution in [3.63, 3.8) is 0 Å². The first-order valence-electron chi connectivity index (χ1n) is 9.67. The maximum Gasteiger partial charge on any atom is 0.175 e. The Labute approximate surface area is 195 Å². The van der Waals surface area contributed by atoms with Gasteiger partial charge < -0.3 is 25.2 Å². The van der Waals surface area contributed by atoms with Crippen LogP contribution in [0.5, 0.6) is 17.2 Å². The second kappa shape index (κ2) is 14.9. The third-order valence-electron chi connectivity index (χ3n) is 4.23. The van der Waals surface area contributed by atoms with E-state index in [0.29, 0.717) is 11.8 Å². The fraction of sp³-hybridized carbons (Fsp3) is 0.167. The van der Waals surface area contributed by atoms with Crippen LogP contribution in [-0.4, -0.2) is 39.0 Å². The van der Waals surface area contributed by atoms with Crippen molar-refractivity contribution >= 4 is 12.5 Å². The van der Waals surface area contributed by atoms with Gasteiger partial charge in [0.15, 0.2) is 41.0 Å². The van der Waals surface area contributed by atoms with Gasteiger partial charge in [-0.2, -0.15) is 0 Å². The zero-order valence-corrected chi connectivity index (χ0v) is 18.8. The van der Waals surface area contributed by atoms with Gasteiger partial charge in [-0.1, -0.05) is 35.5 Å². The van der Waals surface area contributed by atoms with Crippen LogP contribution in [-0.2, 0) is 6.54 Å². The number of oxime groups is 1. The molecule has 3 aromatic carbocycles. The predicted molar refractivity (Wildman–Crippen MR) is 122 cm³/mol. The monoisotopic (exact) mass is 478 g/mol. The molecule has 34 heavy (non-hydrogen) atoms. The first kappa shape index (κ1) is 28.0. The van der Waals surface area contributed by atoms with E-state index in [9.17, 15) is 18.0 Å². The van der Waals surface area contributed by atoms with Gasteiger partial charge in [0.2, 0.25) is 0 Å². The summed E-state index contributed by atoms with van der Waals surface area (Å²) in [6.07, 6.45) is 1.47. The number of benzene rings is 3. The van der Waals surface area contributed by atoms with Crippen LogP contribution in [0.25, 0.3) is 0 Å². The summed E-state index contributed by atoms with van der Waals surface area (Å²) in [6.45, 7) is 0.197. The molecule has 0 aliphatic rings. The van der Waals surface area contributed by atoms with Crippen LogP contribution in [0, 0.1) is 17.5 Å². The van der Waals surface area contributed by atoms with Crippen molar-refractivity contribution in [3.05, 3.63) is 88.7 Å². The van der Waals surface area contributed by atoms with Gasteiger partial charge in [0, 0.05) is 17.7 Å². The van der Waals surface area contributed by atoms with E-state index < -0.39 is 11.6 Å². The molecule has 0 aromatic heterocycles. The molecule has 10 heteroatoms. The average Bonchev–Trinajstić information content (AvgIpc) is 2.86.